The Labute approximate surface area is 211 Å². The molecule has 8 heteroatoms. The first-order valence-electron chi connectivity index (χ1n) is 12.0. The van der Waals surface area contributed by atoms with Gasteiger partial charge in [-0.2, -0.15) is 0 Å². The van der Waals surface area contributed by atoms with Crippen molar-refractivity contribution in [3.05, 3.63) is 77.9 Å². The number of carbonyl (C=O) groups is 2. The lowest BCUT2D eigenvalue weighted by Crippen LogP contribution is -2.43. The third kappa shape index (κ3) is 6.38. The Morgan fingerprint density at radius 1 is 0.972 bits per heavy atom. The Morgan fingerprint density at radius 3 is 2.50 bits per heavy atom. The van der Waals surface area contributed by atoms with Crippen LogP contribution in [-0.4, -0.2) is 70.7 Å². The van der Waals surface area contributed by atoms with Crippen molar-refractivity contribution in [3.8, 4) is 16.9 Å². The van der Waals surface area contributed by atoms with Crippen LogP contribution in [0.15, 0.2) is 61.2 Å². The van der Waals surface area contributed by atoms with E-state index in [2.05, 4.69) is 16.0 Å². The second-order valence-electron chi connectivity index (χ2n) is 9.87. The van der Waals surface area contributed by atoms with Crippen LogP contribution in [0, 0.1) is 0 Å². The van der Waals surface area contributed by atoms with Crippen molar-refractivity contribution in [2.45, 2.75) is 32.8 Å². The molecule has 0 spiro atoms. The maximum absolute atomic E-state index is 13.1. The molecule has 0 saturated carbocycles. The molecular formula is C28H32N4O4. The van der Waals surface area contributed by atoms with E-state index < -0.39 is 11.7 Å². The molecule has 2 heterocycles. The molecule has 4 rings (SSSR count). The van der Waals surface area contributed by atoms with E-state index in [0.29, 0.717) is 31.6 Å². The van der Waals surface area contributed by atoms with Gasteiger partial charge in [0.2, 0.25) is 0 Å². The topological polar surface area (TPSA) is 84.9 Å². The summed E-state index contributed by atoms with van der Waals surface area (Å²) in [5, 5.41) is 0. The van der Waals surface area contributed by atoms with Crippen LogP contribution in [0.4, 0.5) is 4.79 Å². The van der Waals surface area contributed by atoms with Gasteiger partial charge in [-0.05, 0) is 61.7 Å². The summed E-state index contributed by atoms with van der Waals surface area (Å²) in [6.45, 7) is 6.83. The molecule has 8 nitrogen and oxygen atoms in total. The van der Waals surface area contributed by atoms with Crippen molar-refractivity contribution in [3.63, 3.8) is 0 Å². The van der Waals surface area contributed by atoms with Crippen molar-refractivity contribution >= 4 is 12.0 Å². The van der Waals surface area contributed by atoms with Gasteiger partial charge in [0.25, 0.3) is 5.91 Å². The monoisotopic (exact) mass is 488 g/mol. The SMILES string of the molecule is CN1CCN(C(=O)OC(C)(C)C)CCOc2ccc(-c3cncnc3)cc2Cc2cccc(c2)C1=O. The number of rotatable bonds is 1. The highest BCUT2D eigenvalue weighted by Crippen LogP contribution is 2.29. The van der Waals surface area contributed by atoms with Crippen LogP contribution >= 0.6 is 0 Å². The van der Waals surface area contributed by atoms with E-state index in [0.717, 1.165) is 28.0 Å². The highest BCUT2D eigenvalue weighted by molar-refractivity contribution is 5.94. The quantitative estimate of drug-likeness (QED) is 0.504. The Morgan fingerprint density at radius 2 is 1.75 bits per heavy atom. The molecule has 0 fully saturated rings. The second kappa shape index (κ2) is 10.8. The first-order valence-corrected chi connectivity index (χ1v) is 12.0. The van der Waals surface area contributed by atoms with Gasteiger partial charge in [-0.3, -0.25) is 4.79 Å². The van der Waals surface area contributed by atoms with E-state index in [1.807, 2.05) is 57.2 Å². The summed E-state index contributed by atoms with van der Waals surface area (Å²) in [4.78, 5) is 37.5. The van der Waals surface area contributed by atoms with Crippen LogP contribution in [0.3, 0.4) is 0 Å². The molecular weight excluding hydrogens is 456 g/mol. The zero-order valence-corrected chi connectivity index (χ0v) is 21.2. The van der Waals surface area contributed by atoms with Gasteiger partial charge >= 0.3 is 6.09 Å². The van der Waals surface area contributed by atoms with E-state index in [9.17, 15) is 9.59 Å². The Bertz CT molecular complexity index is 1220. The fourth-order valence-corrected chi connectivity index (χ4v) is 4.00. The number of hydrogen-bond acceptors (Lipinski definition) is 6. The molecule has 0 saturated heterocycles. The van der Waals surface area contributed by atoms with E-state index in [1.165, 1.54) is 6.33 Å². The molecule has 0 unspecified atom stereocenters. The minimum atomic E-state index is -0.622. The van der Waals surface area contributed by atoms with Crippen molar-refractivity contribution in [2.75, 3.05) is 33.3 Å². The Hall–Kier alpha value is -3.94. The molecule has 2 amide bonds. The molecule has 0 atom stereocenters. The summed E-state index contributed by atoms with van der Waals surface area (Å²) in [5.41, 5.74) is 3.83. The maximum Gasteiger partial charge on any atom is 0.410 e. The fraction of sp³-hybridized carbons (Fsp3) is 0.357. The smallest absolute Gasteiger partial charge is 0.410 e. The number of hydrogen-bond donors (Lipinski definition) is 0. The fourth-order valence-electron chi connectivity index (χ4n) is 4.00. The summed E-state index contributed by atoms with van der Waals surface area (Å²) >= 11 is 0. The number of carbonyl (C=O) groups excluding carboxylic acids is 2. The molecule has 2 aromatic carbocycles. The number of nitrogens with zero attached hydrogens (tertiary/aromatic N) is 4. The highest BCUT2D eigenvalue weighted by atomic mass is 16.6. The molecule has 1 aromatic heterocycles. The Kier molecular flexibility index (Phi) is 7.52. The third-order valence-corrected chi connectivity index (χ3v) is 5.85. The van der Waals surface area contributed by atoms with Gasteiger partial charge in [0.15, 0.2) is 0 Å². The third-order valence-electron chi connectivity index (χ3n) is 5.85. The van der Waals surface area contributed by atoms with Gasteiger partial charge in [0.1, 0.15) is 24.3 Å². The van der Waals surface area contributed by atoms with Crippen LogP contribution in [0.2, 0.25) is 0 Å². The van der Waals surface area contributed by atoms with Gasteiger partial charge < -0.3 is 19.3 Å². The first kappa shape index (κ1) is 25.2. The summed E-state index contributed by atoms with van der Waals surface area (Å²) in [6, 6.07) is 13.6. The zero-order valence-electron chi connectivity index (χ0n) is 21.2. The molecule has 1 aliphatic heterocycles. The highest BCUT2D eigenvalue weighted by Gasteiger charge is 2.24. The van der Waals surface area contributed by atoms with Crippen LogP contribution in [-0.2, 0) is 11.2 Å². The number of fused-ring (bicyclic) bond motifs is 3. The number of amides is 2. The number of benzene rings is 2. The van der Waals surface area contributed by atoms with Crippen LogP contribution in [0.25, 0.3) is 11.1 Å². The first-order chi connectivity index (χ1) is 17.2. The van der Waals surface area contributed by atoms with Crippen LogP contribution in [0.5, 0.6) is 5.75 Å². The second-order valence-corrected chi connectivity index (χ2v) is 9.87. The van der Waals surface area contributed by atoms with Gasteiger partial charge in [-0.25, -0.2) is 14.8 Å². The van der Waals surface area contributed by atoms with Crippen molar-refractivity contribution in [2.24, 2.45) is 0 Å². The van der Waals surface area contributed by atoms with E-state index in [1.54, 1.807) is 29.2 Å². The molecule has 0 N–H and O–H groups in total. The lowest BCUT2D eigenvalue weighted by molar-refractivity contribution is 0.0209. The molecule has 3 aromatic rings. The average Bonchev–Trinajstić information content (AvgIpc) is 2.85. The number of likely N-dealkylation sites (N-methyl/N-ethyl adjacent to an activating group) is 1. The molecule has 0 radical (unpaired) electrons. The van der Waals surface area contributed by atoms with Gasteiger partial charge in [0, 0.05) is 50.1 Å². The lowest BCUT2D eigenvalue weighted by atomic mass is 9.98. The molecule has 1 aliphatic rings. The summed E-state index contributed by atoms with van der Waals surface area (Å²) in [6.07, 6.45) is 5.19. The van der Waals surface area contributed by atoms with Crippen LogP contribution < -0.4 is 4.74 Å². The largest absolute Gasteiger partial charge is 0.491 e. The van der Waals surface area contributed by atoms with Crippen molar-refractivity contribution in [1.29, 1.82) is 0 Å². The summed E-state index contributed by atoms with van der Waals surface area (Å²) in [7, 11) is 1.74. The molecule has 2 bridgehead atoms. The summed E-state index contributed by atoms with van der Waals surface area (Å²) < 4.78 is 11.8. The lowest BCUT2D eigenvalue weighted by Gasteiger charge is -2.29. The zero-order chi connectivity index (χ0) is 25.7. The predicted molar refractivity (Wildman–Crippen MR) is 137 cm³/mol. The minimum Gasteiger partial charge on any atom is -0.491 e. The maximum atomic E-state index is 13.1. The van der Waals surface area contributed by atoms with Crippen LogP contribution in [0.1, 0.15) is 42.3 Å². The molecule has 36 heavy (non-hydrogen) atoms. The standard InChI is InChI=1S/C28H32N4O4/c1-28(2,3)36-27(34)32-11-10-31(4)26(33)22-7-5-6-20(14-22)15-23-16-21(24-17-29-19-30-18-24)8-9-25(23)35-13-12-32/h5-9,14,16-19H,10-13,15H2,1-4H3. The Balaban J connectivity index is 1.68. The van der Waals surface area contributed by atoms with Gasteiger partial charge in [-0.15, -0.1) is 0 Å². The molecule has 0 aliphatic carbocycles. The minimum absolute atomic E-state index is 0.0929. The van der Waals surface area contributed by atoms with E-state index >= 15 is 0 Å². The predicted octanol–water partition coefficient (Wildman–Crippen LogP) is 4.44. The van der Waals surface area contributed by atoms with Gasteiger partial charge in [-0.1, -0.05) is 18.2 Å². The average molecular weight is 489 g/mol. The number of ether oxygens (including phenoxy) is 2. The van der Waals surface area contributed by atoms with Crippen molar-refractivity contribution < 1.29 is 19.1 Å². The summed E-state index contributed by atoms with van der Waals surface area (Å²) in [5.74, 6) is 0.635. The molecule has 188 valence electrons. The van der Waals surface area contributed by atoms with E-state index in [4.69, 9.17) is 9.47 Å². The van der Waals surface area contributed by atoms with Crippen molar-refractivity contribution in [1.82, 2.24) is 19.8 Å². The number of aromatic nitrogens is 2. The van der Waals surface area contributed by atoms with Gasteiger partial charge in [0.05, 0.1) is 6.54 Å². The van der Waals surface area contributed by atoms with E-state index in [-0.39, 0.29) is 12.5 Å². The normalized spacial score (nSPS) is 14.9.